The van der Waals surface area contributed by atoms with Crippen LogP contribution in [-0.4, -0.2) is 17.6 Å². The SMILES string of the molecule is CCC(CC)c1ccc(C(CN)C(=O)O)cc1. The fourth-order valence-electron chi connectivity index (χ4n) is 2.14. The van der Waals surface area contributed by atoms with Crippen LogP contribution >= 0.6 is 0 Å². The molecule has 1 atom stereocenters. The van der Waals surface area contributed by atoms with Gasteiger partial charge >= 0.3 is 5.97 Å². The summed E-state index contributed by atoms with van der Waals surface area (Å²) in [5.74, 6) is -0.890. The number of hydrogen-bond acceptors (Lipinski definition) is 2. The van der Waals surface area contributed by atoms with Gasteiger partial charge in [0.05, 0.1) is 5.92 Å². The lowest BCUT2D eigenvalue weighted by atomic mass is 9.91. The molecule has 0 amide bonds. The molecular weight excluding hydrogens is 214 g/mol. The summed E-state index contributed by atoms with van der Waals surface area (Å²) in [7, 11) is 0. The van der Waals surface area contributed by atoms with Gasteiger partial charge in [-0.1, -0.05) is 38.1 Å². The van der Waals surface area contributed by atoms with Crippen LogP contribution in [0, 0.1) is 0 Å². The third-order valence-corrected chi connectivity index (χ3v) is 3.33. The van der Waals surface area contributed by atoms with Gasteiger partial charge in [-0.25, -0.2) is 0 Å². The molecule has 0 heterocycles. The molecule has 0 aliphatic carbocycles. The molecule has 1 aromatic carbocycles. The average molecular weight is 235 g/mol. The molecule has 17 heavy (non-hydrogen) atoms. The molecule has 0 bridgehead atoms. The fraction of sp³-hybridized carbons (Fsp3) is 0.500. The molecule has 0 saturated carbocycles. The molecule has 0 aromatic heterocycles. The van der Waals surface area contributed by atoms with Crippen LogP contribution in [-0.2, 0) is 4.79 Å². The van der Waals surface area contributed by atoms with Crippen molar-refractivity contribution in [1.82, 2.24) is 0 Å². The molecule has 0 radical (unpaired) electrons. The summed E-state index contributed by atoms with van der Waals surface area (Å²) in [6, 6.07) is 7.83. The molecule has 94 valence electrons. The minimum atomic E-state index is -0.859. The van der Waals surface area contributed by atoms with E-state index in [1.807, 2.05) is 24.3 Å². The molecular formula is C14H21NO2. The number of carboxylic acid groups (broad SMARTS) is 1. The number of carbonyl (C=O) groups is 1. The topological polar surface area (TPSA) is 63.3 Å². The first-order chi connectivity index (χ1) is 8.13. The molecule has 1 aromatic rings. The maximum Gasteiger partial charge on any atom is 0.312 e. The Hall–Kier alpha value is -1.35. The number of hydrogen-bond donors (Lipinski definition) is 2. The molecule has 3 heteroatoms. The van der Waals surface area contributed by atoms with Crippen LogP contribution in [0.25, 0.3) is 0 Å². The van der Waals surface area contributed by atoms with Crippen molar-refractivity contribution in [3.8, 4) is 0 Å². The smallest absolute Gasteiger partial charge is 0.312 e. The minimum Gasteiger partial charge on any atom is -0.481 e. The van der Waals surface area contributed by atoms with Crippen molar-refractivity contribution in [1.29, 1.82) is 0 Å². The quantitative estimate of drug-likeness (QED) is 0.796. The molecule has 3 nitrogen and oxygen atoms in total. The summed E-state index contributed by atoms with van der Waals surface area (Å²) < 4.78 is 0. The Labute approximate surface area is 103 Å². The van der Waals surface area contributed by atoms with Gasteiger partial charge in [0.1, 0.15) is 0 Å². The number of rotatable bonds is 6. The second kappa shape index (κ2) is 6.40. The molecule has 1 unspecified atom stereocenters. The summed E-state index contributed by atoms with van der Waals surface area (Å²) >= 11 is 0. The van der Waals surface area contributed by atoms with Gasteiger partial charge in [-0.3, -0.25) is 4.79 Å². The van der Waals surface area contributed by atoms with E-state index in [0.29, 0.717) is 5.92 Å². The number of carboxylic acids is 1. The highest BCUT2D eigenvalue weighted by Crippen LogP contribution is 2.24. The lowest BCUT2D eigenvalue weighted by Gasteiger charge is -2.15. The summed E-state index contributed by atoms with van der Waals surface area (Å²) in [5.41, 5.74) is 7.54. The van der Waals surface area contributed by atoms with Crippen LogP contribution in [0.15, 0.2) is 24.3 Å². The number of benzene rings is 1. The highest BCUT2D eigenvalue weighted by atomic mass is 16.4. The van der Waals surface area contributed by atoms with Gasteiger partial charge in [-0.05, 0) is 29.9 Å². The summed E-state index contributed by atoms with van der Waals surface area (Å²) in [5, 5.41) is 9.02. The minimum absolute atomic E-state index is 0.139. The maximum absolute atomic E-state index is 11.0. The van der Waals surface area contributed by atoms with Crippen molar-refractivity contribution in [3.05, 3.63) is 35.4 Å². The van der Waals surface area contributed by atoms with E-state index in [4.69, 9.17) is 10.8 Å². The number of nitrogens with two attached hydrogens (primary N) is 1. The van der Waals surface area contributed by atoms with E-state index < -0.39 is 11.9 Å². The lowest BCUT2D eigenvalue weighted by Crippen LogP contribution is -2.21. The highest BCUT2D eigenvalue weighted by molar-refractivity contribution is 5.76. The second-order valence-corrected chi connectivity index (χ2v) is 4.31. The van der Waals surface area contributed by atoms with Gasteiger partial charge in [0.15, 0.2) is 0 Å². The summed E-state index contributed by atoms with van der Waals surface area (Å²) in [6.07, 6.45) is 2.21. The molecule has 1 rings (SSSR count). The predicted octanol–water partition coefficient (Wildman–Crippen LogP) is 2.72. The van der Waals surface area contributed by atoms with Gasteiger partial charge in [-0.2, -0.15) is 0 Å². The van der Waals surface area contributed by atoms with E-state index in [1.165, 1.54) is 5.56 Å². The van der Waals surface area contributed by atoms with Gasteiger partial charge in [0, 0.05) is 6.54 Å². The third-order valence-electron chi connectivity index (χ3n) is 3.33. The van der Waals surface area contributed by atoms with Crippen LogP contribution in [0.1, 0.15) is 49.7 Å². The zero-order valence-electron chi connectivity index (χ0n) is 10.5. The van der Waals surface area contributed by atoms with Gasteiger partial charge < -0.3 is 10.8 Å². The molecule has 0 fully saturated rings. The fourth-order valence-corrected chi connectivity index (χ4v) is 2.14. The Kier molecular flexibility index (Phi) is 5.16. The van der Waals surface area contributed by atoms with Crippen molar-refractivity contribution in [2.75, 3.05) is 6.54 Å². The van der Waals surface area contributed by atoms with Gasteiger partial charge in [0.25, 0.3) is 0 Å². The van der Waals surface area contributed by atoms with Crippen LogP contribution < -0.4 is 5.73 Å². The van der Waals surface area contributed by atoms with E-state index in [9.17, 15) is 4.79 Å². The lowest BCUT2D eigenvalue weighted by molar-refractivity contribution is -0.138. The first-order valence-corrected chi connectivity index (χ1v) is 6.16. The average Bonchev–Trinajstić information content (AvgIpc) is 2.33. The van der Waals surface area contributed by atoms with Crippen molar-refractivity contribution in [2.24, 2.45) is 5.73 Å². The first-order valence-electron chi connectivity index (χ1n) is 6.16. The number of aliphatic carboxylic acids is 1. The predicted molar refractivity (Wildman–Crippen MR) is 69.2 cm³/mol. The maximum atomic E-state index is 11.0. The first kappa shape index (κ1) is 13.7. The molecule has 0 aliphatic rings. The van der Waals surface area contributed by atoms with Crippen molar-refractivity contribution in [2.45, 2.75) is 38.5 Å². The second-order valence-electron chi connectivity index (χ2n) is 4.31. The van der Waals surface area contributed by atoms with Gasteiger partial charge in [-0.15, -0.1) is 0 Å². The van der Waals surface area contributed by atoms with E-state index >= 15 is 0 Å². The summed E-state index contributed by atoms with van der Waals surface area (Å²) in [4.78, 5) is 11.0. The van der Waals surface area contributed by atoms with Crippen LogP contribution in [0.3, 0.4) is 0 Å². The van der Waals surface area contributed by atoms with Crippen molar-refractivity contribution >= 4 is 5.97 Å². The van der Waals surface area contributed by atoms with Crippen LogP contribution in [0.4, 0.5) is 0 Å². The Morgan fingerprint density at radius 2 is 1.65 bits per heavy atom. The largest absolute Gasteiger partial charge is 0.481 e. The van der Waals surface area contributed by atoms with E-state index in [-0.39, 0.29) is 6.54 Å². The monoisotopic (exact) mass is 235 g/mol. The highest BCUT2D eigenvalue weighted by Gasteiger charge is 2.18. The van der Waals surface area contributed by atoms with E-state index in [1.54, 1.807) is 0 Å². The van der Waals surface area contributed by atoms with Gasteiger partial charge in [0.2, 0.25) is 0 Å². The zero-order valence-corrected chi connectivity index (χ0v) is 10.5. The Morgan fingerprint density at radius 3 is 2.00 bits per heavy atom. The van der Waals surface area contributed by atoms with E-state index in [2.05, 4.69) is 13.8 Å². The van der Waals surface area contributed by atoms with Crippen molar-refractivity contribution in [3.63, 3.8) is 0 Å². The van der Waals surface area contributed by atoms with Crippen molar-refractivity contribution < 1.29 is 9.90 Å². The Bertz CT molecular complexity index is 355. The molecule has 3 N–H and O–H groups in total. The summed E-state index contributed by atoms with van der Waals surface area (Å²) in [6.45, 7) is 4.48. The van der Waals surface area contributed by atoms with E-state index in [0.717, 1.165) is 18.4 Å². The Morgan fingerprint density at radius 1 is 1.18 bits per heavy atom. The molecule has 0 saturated heterocycles. The molecule has 0 spiro atoms. The zero-order chi connectivity index (χ0) is 12.8. The van der Waals surface area contributed by atoms with Crippen LogP contribution in [0.5, 0.6) is 0 Å². The standard InChI is InChI=1S/C14H21NO2/c1-3-10(4-2)11-5-7-12(8-6-11)13(9-15)14(16)17/h5-8,10,13H,3-4,9,15H2,1-2H3,(H,16,17). The molecule has 0 aliphatic heterocycles. The van der Waals surface area contributed by atoms with Crippen LogP contribution in [0.2, 0.25) is 0 Å². The Balaban J connectivity index is 2.90. The normalized spacial score (nSPS) is 12.7. The third kappa shape index (κ3) is 3.30.